The van der Waals surface area contributed by atoms with Crippen molar-refractivity contribution >= 4 is 34.7 Å². The number of halogens is 2. The first-order chi connectivity index (χ1) is 8.90. The zero-order valence-corrected chi connectivity index (χ0v) is 12.1. The lowest BCUT2D eigenvalue weighted by Crippen LogP contribution is -2.07. The predicted molar refractivity (Wildman–Crippen MR) is 80.2 cm³/mol. The Kier molecular flexibility index (Phi) is 3.83. The number of hydrogen-bond donors (Lipinski definition) is 1. The molecule has 0 aromatic heterocycles. The number of ketones is 1. The zero-order chi connectivity index (χ0) is 14.2. The molecule has 2 aromatic rings. The second-order valence-electron chi connectivity index (χ2n) is 4.48. The molecule has 0 saturated heterocycles. The maximum absolute atomic E-state index is 12.5. The lowest BCUT2D eigenvalue weighted by molar-refractivity contribution is 0.103. The molecular formula is C15H13Cl2NO. The van der Waals surface area contributed by atoms with E-state index in [1.54, 1.807) is 30.3 Å². The molecule has 0 radical (unpaired) electrons. The molecule has 19 heavy (non-hydrogen) atoms. The molecule has 0 unspecified atom stereocenters. The Bertz CT molecular complexity index is 665. The van der Waals surface area contributed by atoms with Gasteiger partial charge in [-0.15, -0.1) is 0 Å². The van der Waals surface area contributed by atoms with Crippen molar-refractivity contribution in [1.82, 2.24) is 0 Å². The summed E-state index contributed by atoms with van der Waals surface area (Å²) in [5, 5.41) is 1.13. The molecule has 0 heterocycles. The SMILES string of the molecule is Cc1cc(C(=O)c2cc(Cl)ccc2N)c(C)cc1Cl. The molecule has 2 nitrogen and oxygen atoms in total. The Morgan fingerprint density at radius 2 is 1.68 bits per heavy atom. The van der Waals surface area contributed by atoms with Gasteiger partial charge < -0.3 is 5.73 Å². The summed E-state index contributed by atoms with van der Waals surface area (Å²) in [5.74, 6) is -0.141. The summed E-state index contributed by atoms with van der Waals surface area (Å²) in [6, 6.07) is 8.44. The van der Waals surface area contributed by atoms with Crippen LogP contribution >= 0.6 is 23.2 Å². The molecule has 2 aromatic carbocycles. The maximum Gasteiger partial charge on any atom is 0.195 e. The summed E-state index contributed by atoms with van der Waals surface area (Å²) >= 11 is 12.0. The third-order valence-corrected chi connectivity index (χ3v) is 3.65. The average Bonchev–Trinajstić information content (AvgIpc) is 2.36. The Morgan fingerprint density at radius 1 is 1.00 bits per heavy atom. The van der Waals surface area contributed by atoms with Crippen LogP contribution in [0.15, 0.2) is 30.3 Å². The second-order valence-corrected chi connectivity index (χ2v) is 5.32. The van der Waals surface area contributed by atoms with Gasteiger partial charge in [0.2, 0.25) is 0 Å². The van der Waals surface area contributed by atoms with Crippen molar-refractivity contribution in [3.05, 3.63) is 62.6 Å². The van der Waals surface area contributed by atoms with E-state index in [0.717, 1.165) is 11.1 Å². The topological polar surface area (TPSA) is 43.1 Å². The smallest absolute Gasteiger partial charge is 0.195 e. The number of nitrogen functional groups attached to an aromatic ring is 1. The number of hydrogen-bond acceptors (Lipinski definition) is 2. The first-order valence-corrected chi connectivity index (χ1v) is 6.52. The molecule has 98 valence electrons. The van der Waals surface area contributed by atoms with Gasteiger partial charge in [0.25, 0.3) is 0 Å². The van der Waals surface area contributed by atoms with Crippen LogP contribution < -0.4 is 5.73 Å². The molecule has 0 amide bonds. The summed E-state index contributed by atoms with van der Waals surface area (Å²) in [6.45, 7) is 3.71. The predicted octanol–water partition coefficient (Wildman–Crippen LogP) is 4.42. The fraction of sp³-hybridized carbons (Fsp3) is 0.133. The Hall–Kier alpha value is -1.51. The van der Waals surface area contributed by atoms with Crippen LogP contribution in [-0.4, -0.2) is 5.78 Å². The molecule has 0 bridgehead atoms. The Labute approximate surface area is 122 Å². The average molecular weight is 294 g/mol. The van der Waals surface area contributed by atoms with E-state index in [4.69, 9.17) is 28.9 Å². The molecular weight excluding hydrogens is 281 g/mol. The third kappa shape index (κ3) is 2.75. The van der Waals surface area contributed by atoms with Crippen molar-refractivity contribution in [2.24, 2.45) is 0 Å². The van der Waals surface area contributed by atoms with E-state index in [9.17, 15) is 4.79 Å². The van der Waals surface area contributed by atoms with Crippen molar-refractivity contribution in [2.75, 3.05) is 5.73 Å². The largest absolute Gasteiger partial charge is 0.398 e. The maximum atomic E-state index is 12.5. The van der Waals surface area contributed by atoms with Crippen LogP contribution in [0.3, 0.4) is 0 Å². The van der Waals surface area contributed by atoms with E-state index < -0.39 is 0 Å². The highest BCUT2D eigenvalue weighted by Gasteiger charge is 2.16. The van der Waals surface area contributed by atoms with E-state index >= 15 is 0 Å². The number of carbonyl (C=O) groups is 1. The van der Waals surface area contributed by atoms with Crippen molar-refractivity contribution in [3.63, 3.8) is 0 Å². The molecule has 0 saturated carbocycles. The van der Waals surface area contributed by atoms with E-state index in [0.29, 0.717) is 26.9 Å². The van der Waals surface area contributed by atoms with Crippen molar-refractivity contribution in [1.29, 1.82) is 0 Å². The lowest BCUT2D eigenvalue weighted by atomic mass is 9.96. The van der Waals surface area contributed by atoms with Gasteiger partial charge in [-0.25, -0.2) is 0 Å². The standard InChI is InChI=1S/C15H13Cl2NO/c1-8-6-13(17)9(2)5-11(8)15(19)12-7-10(16)3-4-14(12)18/h3-7H,18H2,1-2H3. The highest BCUT2D eigenvalue weighted by molar-refractivity contribution is 6.32. The molecule has 0 atom stereocenters. The van der Waals surface area contributed by atoms with Gasteiger partial charge in [-0.05, 0) is 55.3 Å². The summed E-state index contributed by atoms with van der Waals surface area (Å²) in [6.07, 6.45) is 0. The number of aryl methyl sites for hydroxylation is 2. The number of rotatable bonds is 2. The molecule has 0 aliphatic heterocycles. The first-order valence-electron chi connectivity index (χ1n) is 5.76. The molecule has 0 spiro atoms. The Balaban J connectivity index is 2.56. The van der Waals surface area contributed by atoms with Gasteiger partial charge in [0.15, 0.2) is 5.78 Å². The first kappa shape index (κ1) is 13.9. The van der Waals surface area contributed by atoms with Crippen LogP contribution in [0.2, 0.25) is 10.0 Å². The van der Waals surface area contributed by atoms with Gasteiger partial charge in [-0.3, -0.25) is 4.79 Å². The minimum Gasteiger partial charge on any atom is -0.398 e. The highest BCUT2D eigenvalue weighted by Crippen LogP contribution is 2.26. The van der Waals surface area contributed by atoms with Crippen molar-refractivity contribution in [3.8, 4) is 0 Å². The van der Waals surface area contributed by atoms with Crippen molar-refractivity contribution in [2.45, 2.75) is 13.8 Å². The van der Waals surface area contributed by atoms with Crippen LogP contribution in [0.4, 0.5) is 5.69 Å². The van der Waals surface area contributed by atoms with Crippen LogP contribution in [0.1, 0.15) is 27.0 Å². The minimum absolute atomic E-state index is 0.141. The zero-order valence-electron chi connectivity index (χ0n) is 10.6. The number of anilines is 1. The van der Waals surface area contributed by atoms with Gasteiger partial charge in [-0.1, -0.05) is 23.2 Å². The van der Waals surface area contributed by atoms with Gasteiger partial charge in [0.05, 0.1) is 0 Å². The summed E-state index contributed by atoms with van der Waals surface area (Å²) in [7, 11) is 0. The van der Waals surface area contributed by atoms with Crippen LogP contribution in [0.5, 0.6) is 0 Å². The third-order valence-electron chi connectivity index (χ3n) is 3.01. The van der Waals surface area contributed by atoms with E-state index in [1.165, 1.54) is 0 Å². The second kappa shape index (κ2) is 5.24. The molecule has 4 heteroatoms. The monoisotopic (exact) mass is 293 g/mol. The summed E-state index contributed by atoms with van der Waals surface area (Å²) in [5.41, 5.74) is 8.94. The van der Waals surface area contributed by atoms with Crippen LogP contribution in [0, 0.1) is 13.8 Å². The van der Waals surface area contributed by atoms with Crippen molar-refractivity contribution < 1.29 is 4.79 Å². The van der Waals surface area contributed by atoms with E-state index in [1.807, 2.05) is 13.8 Å². The summed E-state index contributed by atoms with van der Waals surface area (Å²) in [4.78, 5) is 12.5. The number of carbonyl (C=O) groups excluding carboxylic acids is 1. The normalized spacial score (nSPS) is 10.5. The van der Waals surface area contributed by atoms with Gasteiger partial charge >= 0.3 is 0 Å². The lowest BCUT2D eigenvalue weighted by Gasteiger charge is -2.10. The minimum atomic E-state index is -0.141. The van der Waals surface area contributed by atoms with Crippen LogP contribution in [-0.2, 0) is 0 Å². The highest BCUT2D eigenvalue weighted by atomic mass is 35.5. The van der Waals surface area contributed by atoms with E-state index in [-0.39, 0.29) is 5.78 Å². The summed E-state index contributed by atoms with van der Waals surface area (Å²) < 4.78 is 0. The van der Waals surface area contributed by atoms with Crippen LogP contribution in [0.25, 0.3) is 0 Å². The molecule has 2 rings (SSSR count). The van der Waals surface area contributed by atoms with E-state index in [2.05, 4.69) is 0 Å². The number of benzene rings is 2. The molecule has 2 N–H and O–H groups in total. The Morgan fingerprint density at radius 3 is 2.37 bits per heavy atom. The molecule has 0 fully saturated rings. The molecule has 0 aliphatic rings. The number of nitrogens with two attached hydrogens (primary N) is 1. The van der Waals surface area contributed by atoms with Gasteiger partial charge in [0.1, 0.15) is 0 Å². The molecule has 0 aliphatic carbocycles. The van der Waals surface area contributed by atoms with Gasteiger partial charge in [0, 0.05) is 26.9 Å². The fourth-order valence-electron chi connectivity index (χ4n) is 1.90. The van der Waals surface area contributed by atoms with Gasteiger partial charge in [-0.2, -0.15) is 0 Å². The fourth-order valence-corrected chi connectivity index (χ4v) is 2.29. The quantitative estimate of drug-likeness (QED) is 0.658.